The van der Waals surface area contributed by atoms with Gasteiger partial charge in [0.1, 0.15) is 5.82 Å². The molecule has 124 valence electrons. The van der Waals surface area contributed by atoms with Crippen molar-refractivity contribution in [2.75, 3.05) is 16.8 Å². The molecular formula is C17H13Cl2FN2O2. The molecule has 7 heteroatoms. The summed E-state index contributed by atoms with van der Waals surface area (Å²) in [4.78, 5) is 26.0. The van der Waals surface area contributed by atoms with Gasteiger partial charge in [-0.05, 0) is 30.3 Å². The van der Waals surface area contributed by atoms with Gasteiger partial charge in [0.15, 0.2) is 0 Å². The average molecular weight is 367 g/mol. The summed E-state index contributed by atoms with van der Waals surface area (Å²) in [7, 11) is 0. The number of carbonyl (C=O) groups is 2. The zero-order valence-electron chi connectivity index (χ0n) is 12.4. The number of rotatable bonds is 3. The van der Waals surface area contributed by atoms with E-state index in [1.54, 1.807) is 24.3 Å². The van der Waals surface area contributed by atoms with Crippen LogP contribution in [0.2, 0.25) is 10.0 Å². The predicted octanol–water partition coefficient (Wildman–Crippen LogP) is 4.12. The monoisotopic (exact) mass is 366 g/mol. The van der Waals surface area contributed by atoms with Crippen LogP contribution in [0, 0.1) is 11.7 Å². The zero-order chi connectivity index (χ0) is 17.3. The van der Waals surface area contributed by atoms with Gasteiger partial charge >= 0.3 is 0 Å². The van der Waals surface area contributed by atoms with Crippen LogP contribution in [0.4, 0.5) is 15.8 Å². The van der Waals surface area contributed by atoms with Crippen LogP contribution in [-0.4, -0.2) is 18.4 Å². The SMILES string of the molecule is O=C(Nc1ccccc1F)C1CC(=O)N(c2cc(Cl)cc(Cl)c2)C1. The molecule has 1 aliphatic rings. The average Bonchev–Trinajstić information content (AvgIpc) is 2.91. The van der Waals surface area contributed by atoms with E-state index in [2.05, 4.69) is 5.32 Å². The predicted molar refractivity (Wildman–Crippen MR) is 92.0 cm³/mol. The first-order valence-corrected chi connectivity index (χ1v) is 8.01. The van der Waals surface area contributed by atoms with Gasteiger partial charge in [-0.2, -0.15) is 0 Å². The number of amides is 2. The Morgan fingerprint density at radius 3 is 2.50 bits per heavy atom. The van der Waals surface area contributed by atoms with Crippen molar-refractivity contribution in [1.29, 1.82) is 0 Å². The molecule has 0 spiro atoms. The van der Waals surface area contributed by atoms with Crippen molar-refractivity contribution in [1.82, 2.24) is 0 Å². The standard InChI is InChI=1S/C17H13Cl2FN2O2/c18-11-6-12(19)8-13(7-11)22-9-10(5-16(22)23)17(24)21-15-4-2-1-3-14(15)20/h1-4,6-8,10H,5,9H2,(H,21,24). The lowest BCUT2D eigenvalue weighted by Gasteiger charge is -2.17. The maximum atomic E-state index is 13.6. The van der Waals surface area contributed by atoms with Crippen LogP contribution >= 0.6 is 23.2 Å². The molecule has 0 bridgehead atoms. The Morgan fingerprint density at radius 1 is 1.17 bits per heavy atom. The highest BCUT2D eigenvalue weighted by Gasteiger charge is 2.35. The highest BCUT2D eigenvalue weighted by molar-refractivity contribution is 6.35. The summed E-state index contributed by atoms with van der Waals surface area (Å²) < 4.78 is 13.6. The Labute approximate surface area is 148 Å². The van der Waals surface area contributed by atoms with E-state index >= 15 is 0 Å². The van der Waals surface area contributed by atoms with Crippen LogP contribution in [0.5, 0.6) is 0 Å². The second-order valence-corrected chi connectivity index (χ2v) is 6.38. The Kier molecular flexibility index (Phi) is 4.73. The quantitative estimate of drug-likeness (QED) is 0.887. The molecule has 1 fully saturated rings. The molecule has 2 amide bonds. The maximum absolute atomic E-state index is 13.6. The van der Waals surface area contributed by atoms with E-state index in [0.29, 0.717) is 15.7 Å². The molecular weight excluding hydrogens is 354 g/mol. The first kappa shape index (κ1) is 16.7. The summed E-state index contributed by atoms with van der Waals surface area (Å²) in [6.07, 6.45) is 0.0460. The Hall–Kier alpha value is -2.11. The van der Waals surface area contributed by atoms with Gasteiger partial charge in [-0.15, -0.1) is 0 Å². The minimum atomic E-state index is -0.574. The Bertz CT molecular complexity index is 793. The van der Waals surface area contributed by atoms with Crippen molar-refractivity contribution in [3.8, 4) is 0 Å². The molecule has 1 aliphatic heterocycles. The summed E-state index contributed by atoms with van der Waals surface area (Å²) >= 11 is 11.9. The van der Waals surface area contributed by atoms with Gasteiger partial charge in [0.05, 0.1) is 11.6 Å². The first-order chi connectivity index (χ1) is 11.4. The van der Waals surface area contributed by atoms with Gasteiger partial charge in [-0.1, -0.05) is 35.3 Å². The van der Waals surface area contributed by atoms with Crippen LogP contribution in [-0.2, 0) is 9.59 Å². The number of nitrogens with one attached hydrogen (secondary N) is 1. The summed E-state index contributed by atoms with van der Waals surface area (Å²) in [5.41, 5.74) is 0.637. The van der Waals surface area contributed by atoms with E-state index in [9.17, 15) is 14.0 Å². The molecule has 2 aromatic rings. The lowest BCUT2D eigenvalue weighted by Crippen LogP contribution is -2.28. The molecule has 1 atom stereocenters. The Balaban J connectivity index is 1.74. The van der Waals surface area contributed by atoms with Crippen molar-refractivity contribution < 1.29 is 14.0 Å². The second-order valence-electron chi connectivity index (χ2n) is 5.50. The van der Waals surface area contributed by atoms with E-state index in [-0.39, 0.29) is 24.6 Å². The van der Waals surface area contributed by atoms with E-state index in [1.807, 2.05) is 0 Å². The molecule has 0 radical (unpaired) electrons. The van der Waals surface area contributed by atoms with Crippen LogP contribution < -0.4 is 10.2 Å². The fraction of sp³-hybridized carbons (Fsp3) is 0.176. The van der Waals surface area contributed by atoms with Gasteiger partial charge in [-0.25, -0.2) is 4.39 Å². The minimum Gasteiger partial charge on any atom is -0.323 e. The third-order valence-corrected chi connectivity index (χ3v) is 4.22. The largest absolute Gasteiger partial charge is 0.323 e. The van der Waals surface area contributed by atoms with E-state index in [4.69, 9.17) is 23.2 Å². The number of hydrogen-bond donors (Lipinski definition) is 1. The van der Waals surface area contributed by atoms with Crippen LogP contribution in [0.15, 0.2) is 42.5 Å². The highest BCUT2D eigenvalue weighted by atomic mass is 35.5. The number of halogens is 3. The van der Waals surface area contributed by atoms with Crippen molar-refractivity contribution in [3.63, 3.8) is 0 Å². The third kappa shape index (κ3) is 3.52. The van der Waals surface area contributed by atoms with Crippen molar-refractivity contribution in [2.24, 2.45) is 5.92 Å². The number of nitrogens with zero attached hydrogens (tertiary/aromatic N) is 1. The molecule has 2 aromatic carbocycles. The summed E-state index contributed by atoms with van der Waals surface area (Å²) in [5, 5.41) is 3.34. The molecule has 0 aliphatic carbocycles. The number of benzene rings is 2. The van der Waals surface area contributed by atoms with Crippen LogP contribution in [0.1, 0.15) is 6.42 Å². The van der Waals surface area contributed by atoms with Gasteiger partial charge < -0.3 is 10.2 Å². The number of carbonyl (C=O) groups excluding carboxylic acids is 2. The smallest absolute Gasteiger partial charge is 0.229 e. The molecule has 1 heterocycles. The summed E-state index contributed by atoms with van der Waals surface area (Å²) in [6.45, 7) is 0.190. The minimum absolute atomic E-state index is 0.0460. The van der Waals surface area contributed by atoms with Gasteiger partial charge in [0.25, 0.3) is 0 Å². The maximum Gasteiger partial charge on any atom is 0.229 e. The van der Waals surface area contributed by atoms with Crippen molar-refractivity contribution >= 4 is 46.4 Å². The molecule has 1 unspecified atom stereocenters. The van der Waals surface area contributed by atoms with Crippen molar-refractivity contribution in [3.05, 3.63) is 58.3 Å². The topological polar surface area (TPSA) is 49.4 Å². The van der Waals surface area contributed by atoms with Crippen LogP contribution in [0.25, 0.3) is 0 Å². The summed E-state index contributed by atoms with van der Waals surface area (Å²) in [5.74, 6) is -1.70. The normalized spacial score (nSPS) is 17.2. The van der Waals surface area contributed by atoms with E-state index in [1.165, 1.54) is 23.1 Å². The van der Waals surface area contributed by atoms with Gasteiger partial charge in [0.2, 0.25) is 11.8 Å². The van der Waals surface area contributed by atoms with Gasteiger partial charge in [-0.3, -0.25) is 9.59 Å². The number of para-hydroxylation sites is 1. The lowest BCUT2D eigenvalue weighted by molar-refractivity contribution is -0.122. The molecule has 0 saturated carbocycles. The lowest BCUT2D eigenvalue weighted by atomic mass is 10.1. The molecule has 3 rings (SSSR count). The Morgan fingerprint density at radius 2 is 1.83 bits per heavy atom. The number of hydrogen-bond acceptors (Lipinski definition) is 2. The molecule has 0 aromatic heterocycles. The van der Waals surface area contributed by atoms with Crippen LogP contribution in [0.3, 0.4) is 0 Å². The van der Waals surface area contributed by atoms with E-state index in [0.717, 1.165) is 0 Å². The second kappa shape index (κ2) is 6.79. The fourth-order valence-electron chi connectivity index (χ4n) is 2.63. The molecule has 4 nitrogen and oxygen atoms in total. The zero-order valence-corrected chi connectivity index (χ0v) is 13.9. The van der Waals surface area contributed by atoms with Crippen molar-refractivity contribution in [2.45, 2.75) is 6.42 Å². The molecule has 1 saturated heterocycles. The fourth-order valence-corrected chi connectivity index (χ4v) is 3.14. The molecule has 1 N–H and O–H groups in total. The first-order valence-electron chi connectivity index (χ1n) is 7.26. The van der Waals surface area contributed by atoms with E-state index < -0.39 is 17.6 Å². The third-order valence-electron chi connectivity index (χ3n) is 3.79. The molecule has 24 heavy (non-hydrogen) atoms. The summed E-state index contributed by atoms with van der Waals surface area (Å²) in [6, 6.07) is 10.7. The van der Waals surface area contributed by atoms with Gasteiger partial charge in [0, 0.05) is 28.7 Å². The number of anilines is 2. The highest BCUT2D eigenvalue weighted by Crippen LogP contribution is 2.30.